The molecule has 0 amide bonds. The van der Waals surface area contributed by atoms with E-state index in [1.807, 2.05) is 0 Å². The Morgan fingerprint density at radius 1 is 1.11 bits per heavy atom. The van der Waals surface area contributed by atoms with Gasteiger partial charge in [-0.3, -0.25) is 0 Å². The van der Waals surface area contributed by atoms with E-state index in [0.717, 1.165) is 25.8 Å². The summed E-state index contributed by atoms with van der Waals surface area (Å²) in [4.78, 5) is 16.5. The van der Waals surface area contributed by atoms with Crippen LogP contribution in [0.1, 0.15) is 19.3 Å². The number of aliphatic hydroxyl groups is 1. The summed E-state index contributed by atoms with van der Waals surface area (Å²) in [6.45, 7) is 0.968. The number of halogens is 1. The number of unbranched alkanes of at least 4 members (excludes halogenated alkanes) is 2. The van der Waals surface area contributed by atoms with E-state index >= 15 is 0 Å². The van der Waals surface area contributed by atoms with E-state index in [2.05, 4.69) is 25.3 Å². The van der Waals surface area contributed by atoms with Crippen LogP contribution >= 0.6 is 11.6 Å². The molecule has 0 radical (unpaired) electrons. The number of hydrogen-bond donors (Lipinski definition) is 2. The van der Waals surface area contributed by atoms with Gasteiger partial charge in [0.1, 0.15) is 5.52 Å². The van der Waals surface area contributed by atoms with Crippen molar-refractivity contribution in [1.29, 1.82) is 0 Å². The summed E-state index contributed by atoms with van der Waals surface area (Å²) in [5.74, 6) is 0.456. The predicted octanol–water partition coefficient (Wildman–Crippen LogP) is 1.65. The lowest BCUT2D eigenvalue weighted by Gasteiger charge is -2.05. The summed E-state index contributed by atoms with van der Waals surface area (Å²) in [5, 5.41) is 12.0. The minimum Gasteiger partial charge on any atom is -0.396 e. The van der Waals surface area contributed by atoms with Crippen molar-refractivity contribution in [3.8, 4) is 0 Å². The Morgan fingerprint density at radius 2 is 1.94 bits per heavy atom. The maximum Gasteiger partial charge on any atom is 0.226 e. The van der Waals surface area contributed by atoms with Gasteiger partial charge in [0.25, 0.3) is 0 Å². The summed E-state index contributed by atoms with van der Waals surface area (Å²) >= 11 is 6.00. The molecule has 0 saturated heterocycles. The highest BCUT2D eigenvalue weighted by molar-refractivity contribution is 6.33. The molecular formula is C11H14ClN5O. The van der Waals surface area contributed by atoms with Gasteiger partial charge in [0.05, 0.1) is 0 Å². The van der Waals surface area contributed by atoms with Gasteiger partial charge in [0, 0.05) is 25.5 Å². The lowest BCUT2D eigenvalue weighted by Crippen LogP contribution is -2.06. The van der Waals surface area contributed by atoms with Gasteiger partial charge >= 0.3 is 0 Å². The quantitative estimate of drug-likeness (QED) is 0.612. The molecule has 2 heterocycles. The molecule has 0 saturated carbocycles. The third kappa shape index (κ3) is 3.24. The Morgan fingerprint density at radius 3 is 2.78 bits per heavy atom. The van der Waals surface area contributed by atoms with Gasteiger partial charge in [-0.1, -0.05) is 11.6 Å². The van der Waals surface area contributed by atoms with Crippen LogP contribution in [0.2, 0.25) is 5.15 Å². The van der Waals surface area contributed by atoms with Crippen molar-refractivity contribution in [2.75, 3.05) is 18.5 Å². The number of nitrogens with one attached hydrogen (secondary N) is 1. The molecule has 96 valence electrons. The number of aliphatic hydroxyl groups excluding tert-OH is 1. The van der Waals surface area contributed by atoms with Gasteiger partial charge in [-0.25, -0.2) is 9.97 Å². The van der Waals surface area contributed by atoms with Crippen LogP contribution in [0.3, 0.4) is 0 Å². The number of anilines is 1. The highest BCUT2D eigenvalue weighted by atomic mass is 35.5. The zero-order valence-electron chi connectivity index (χ0n) is 9.80. The van der Waals surface area contributed by atoms with Gasteiger partial charge in [-0.05, 0) is 19.3 Å². The molecule has 0 spiro atoms. The Bertz CT molecular complexity index is 522. The number of rotatable bonds is 6. The van der Waals surface area contributed by atoms with E-state index in [1.54, 1.807) is 12.4 Å². The van der Waals surface area contributed by atoms with Crippen molar-refractivity contribution in [1.82, 2.24) is 19.9 Å². The maximum absolute atomic E-state index is 8.66. The Hall–Kier alpha value is -1.53. The first-order valence-electron chi connectivity index (χ1n) is 5.80. The Balaban J connectivity index is 2.01. The first kappa shape index (κ1) is 12.9. The monoisotopic (exact) mass is 267 g/mol. The zero-order chi connectivity index (χ0) is 12.8. The molecule has 2 N–H and O–H groups in total. The number of hydrogen-bond acceptors (Lipinski definition) is 6. The lowest BCUT2D eigenvalue weighted by molar-refractivity contribution is 0.283. The second-order valence-electron chi connectivity index (χ2n) is 3.78. The van der Waals surface area contributed by atoms with Crippen LogP contribution in [-0.4, -0.2) is 38.2 Å². The molecule has 0 aromatic carbocycles. The topological polar surface area (TPSA) is 83.8 Å². The lowest BCUT2D eigenvalue weighted by atomic mass is 10.2. The third-order valence-corrected chi connectivity index (χ3v) is 2.67. The molecule has 2 aromatic rings. The standard InChI is InChI=1S/C11H14ClN5O/c12-9-8-10(14-6-5-13-8)17-11(16-9)15-4-2-1-3-7-18/h5-6,18H,1-4,7H2,(H,14,15,16,17). The molecule has 2 rings (SSSR count). The molecule has 6 nitrogen and oxygen atoms in total. The van der Waals surface area contributed by atoms with E-state index in [4.69, 9.17) is 16.7 Å². The van der Waals surface area contributed by atoms with Crippen molar-refractivity contribution in [2.45, 2.75) is 19.3 Å². The SMILES string of the molecule is OCCCCCNc1nc(Cl)c2nccnc2n1. The molecule has 0 atom stereocenters. The van der Waals surface area contributed by atoms with Gasteiger partial charge in [0.15, 0.2) is 10.8 Å². The van der Waals surface area contributed by atoms with Crippen LogP contribution in [0.15, 0.2) is 12.4 Å². The van der Waals surface area contributed by atoms with Gasteiger partial charge in [-0.15, -0.1) is 0 Å². The normalized spacial score (nSPS) is 10.8. The van der Waals surface area contributed by atoms with E-state index in [9.17, 15) is 0 Å². The van der Waals surface area contributed by atoms with Crippen molar-refractivity contribution in [3.05, 3.63) is 17.5 Å². The van der Waals surface area contributed by atoms with Gasteiger partial charge < -0.3 is 10.4 Å². The summed E-state index contributed by atoms with van der Waals surface area (Å²) < 4.78 is 0. The van der Waals surface area contributed by atoms with Gasteiger partial charge in [0.2, 0.25) is 5.95 Å². The first-order valence-corrected chi connectivity index (χ1v) is 6.18. The molecule has 2 aromatic heterocycles. The minimum atomic E-state index is 0.230. The van der Waals surface area contributed by atoms with E-state index in [1.165, 1.54) is 0 Å². The summed E-state index contributed by atoms with van der Waals surface area (Å²) in [6.07, 6.45) is 5.84. The first-order chi connectivity index (χ1) is 8.81. The fourth-order valence-electron chi connectivity index (χ4n) is 1.52. The highest BCUT2D eigenvalue weighted by Gasteiger charge is 2.06. The highest BCUT2D eigenvalue weighted by Crippen LogP contribution is 2.17. The number of fused-ring (bicyclic) bond motifs is 1. The average molecular weight is 268 g/mol. The molecule has 0 aliphatic heterocycles. The smallest absolute Gasteiger partial charge is 0.226 e. The molecule has 18 heavy (non-hydrogen) atoms. The fraction of sp³-hybridized carbons (Fsp3) is 0.455. The van der Waals surface area contributed by atoms with Crippen LogP contribution in [0.25, 0.3) is 11.2 Å². The van der Waals surface area contributed by atoms with Crippen molar-refractivity contribution >= 4 is 28.7 Å². The largest absolute Gasteiger partial charge is 0.396 e. The summed E-state index contributed by atoms with van der Waals surface area (Å²) in [6, 6.07) is 0. The molecule has 0 bridgehead atoms. The molecule has 0 fully saturated rings. The third-order valence-electron chi connectivity index (χ3n) is 2.41. The predicted molar refractivity (Wildman–Crippen MR) is 69.6 cm³/mol. The zero-order valence-corrected chi connectivity index (χ0v) is 10.6. The number of nitrogens with zero attached hydrogens (tertiary/aromatic N) is 4. The fourth-order valence-corrected chi connectivity index (χ4v) is 1.74. The van der Waals surface area contributed by atoms with Crippen molar-refractivity contribution in [2.24, 2.45) is 0 Å². The number of aromatic nitrogens is 4. The Labute approximate surface area is 109 Å². The second kappa shape index (κ2) is 6.42. The second-order valence-corrected chi connectivity index (χ2v) is 4.14. The van der Waals surface area contributed by atoms with E-state index in [-0.39, 0.29) is 6.61 Å². The molecule has 7 heteroatoms. The average Bonchev–Trinajstić information content (AvgIpc) is 2.39. The Kier molecular flexibility index (Phi) is 4.60. The van der Waals surface area contributed by atoms with Crippen LogP contribution in [0.5, 0.6) is 0 Å². The van der Waals surface area contributed by atoms with E-state index in [0.29, 0.717) is 22.3 Å². The van der Waals surface area contributed by atoms with Crippen LogP contribution in [0, 0.1) is 0 Å². The van der Waals surface area contributed by atoms with Crippen LogP contribution < -0.4 is 5.32 Å². The molecule has 0 aliphatic carbocycles. The molecule has 0 aliphatic rings. The maximum atomic E-state index is 8.66. The van der Waals surface area contributed by atoms with Crippen LogP contribution in [-0.2, 0) is 0 Å². The molecular weight excluding hydrogens is 254 g/mol. The minimum absolute atomic E-state index is 0.230. The van der Waals surface area contributed by atoms with Crippen LogP contribution in [0.4, 0.5) is 5.95 Å². The van der Waals surface area contributed by atoms with E-state index < -0.39 is 0 Å². The molecule has 0 unspecified atom stereocenters. The summed E-state index contributed by atoms with van der Waals surface area (Å²) in [7, 11) is 0. The van der Waals surface area contributed by atoms with Crippen molar-refractivity contribution in [3.63, 3.8) is 0 Å². The van der Waals surface area contributed by atoms with Crippen molar-refractivity contribution < 1.29 is 5.11 Å². The summed E-state index contributed by atoms with van der Waals surface area (Å²) in [5.41, 5.74) is 0.986. The van der Waals surface area contributed by atoms with Gasteiger partial charge in [-0.2, -0.15) is 9.97 Å².